The molecule has 1 aromatic carbocycles. The molecule has 0 saturated heterocycles. The molecule has 1 aromatic heterocycles. The van der Waals surface area contributed by atoms with Crippen molar-refractivity contribution in [3.63, 3.8) is 0 Å². The van der Waals surface area contributed by atoms with Gasteiger partial charge in [-0.15, -0.1) is 0 Å². The molecule has 2 aromatic rings. The van der Waals surface area contributed by atoms with E-state index in [4.69, 9.17) is 0 Å². The first-order valence-corrected chi connectivity index (χ1v) is 8.58. The fourth-order valence-electron chi connectivity index (χ4n) is 1.85. The first-order valence-electron chi connectivity index (χ1n) is 6.54. The Morgan fingerprint density at radius 1 is 1.15 bits per heavy atom. The second kappa shape index (κ2) is 6.99. The molecule has 0 unspecified atom stereocenters. The lowest BCUT2D eigenvalue weighted by atomic mass is 10.2. The maximum atomic E-state index is 4.57. The predicted molar refractivity (Wildman–Crippen MR) is 88.0 cm³/mol. The van der Waals surface area contributed by atoms with E-state index in [0.29, 0.717) is 0 Å². The Balaban J connectivity index is 2.29. The summed E-state index contributed by atoms with van der Waals surface area (Å²) >= 11 is 3.25. The number of hydrogen-bond donors (Lipinski definition) is 1. The number of rotatable bonds is 5. The average Bonchev–Trinajstić information content (AvgIpc) is 2.42. The minimum Gasteiger partial charge on any atom is -0.370 e. The van der Waals surface area contributed by atoms with Crippen molar-refractivity contribution in [2.75, 3.05) is 18.1 Å². The third-order valence-corrected chi connectivity index (χ3v) is 4.41. The molecule has 0 spiro atoms. The van der Waals surface area contributed by atoms with Gasteiger partial charge in [0, 0.05) is 17.5 Å². The van der Waals surface area contributed by atoms with Crippen molar-refractivity contribution >= 4 is 29.3 Å². The standard InChI is InChI=1S/C15H19N3S2/c1-5-16-13-9-14(18-15(17-13)19-4)20-12-7-6-10(2)8-11(12)3/h6-9H,5H2,1-4H3,(H,16,17,18). The minimum atomic E-state index is 0.802. The second-order valence-electron chi connectivity index (χ2n) is 4.48. The predicted octanol–water partition coefficient (Wildman–Crippen LogP) is 4.40. The molecule has 1 N–H and O–H groups in total. The molecule has 1 heterocycles. The molecular weight excluding hydrogens is 286 g/mol. The Labute approximate surface area is 129 Å². The molecule has 2 rings (SSSR count). The molecule has 20 heavy (non-hydrogen) atoms. The van der Waals surface area contributed by atoms with E-state index in [1.807, 2.05) is 12.3 Å². The van der Waals surface area contributed by atoms with Crippen LogP contribution in [0, 0.1) is 13.8 Å². The smallest absolute Gasteiger partial charge is 0.190 e. The largest absolute Gasteiger partial charge is 0.370 e. The molecule has 3 nitrogen and oxygen atoms in total. The summed E-state index contributed by atoms with van der Waals surface area (Å²) < 4.78 is 0. The summed E-state index contributed by atoms with van der Waals surface area (Å²) in [7, 11) is 0. The van der Waals surface area contributed by atoms with Crippen LogP contribution in [0.2, 0.25) is 0 Å². The van der Waals surface area contributed by atoms with E-state index in [0.717, 1.165) is 22.5 Å². The topological polar surface area (TPSA) is 37.8 Å². The number of thioether (sulfide) groups is 1. The number of aryl methyl sites for hydroxylation is 2. The second-order valence-corrected chi connectivity index (χ2v) is 6.32. The number of anilines is 1. The van der Waals surface area contributed by atoms with Crippen molar-refractivity contribution in [3.8, 4) is 0 Å². The monoisotopic (exact) mass is 305 g/mol. The van der Waals surface area contributed by atoms with Crippen LogP contribution in [-0.2, 0) is 0 Å². The maximum Gasteiger partial charge on any atom is 0.190 e. The Morgan fingerprint density at radius 2 is 1.95 bits per heavy atom. The van der Waals surface area contributed by atoms with Gasteiger partial charge in [0.25, 0.3) is 0 Å². The highest BCUT2D eigenvalue weighted by Crippen LogP contribution is 2.31. The quantitative estimate of drug-likeness (QED) is 0.503. The van der Waals surface area contributed by atoms with E-state index in [1.165, 1.54) is 16.0 Å². The molecule has 0 radical (unpaired) electrons. The summed E-state index contributed by atoms with van der Waals surface area (Å²) in [6.45, 7) is 7.18. The molecule has 0 saturated carbocycles. The van der Waals surface area contributed by atoms with Gasteiger partial charge < -0.3 is 5.32 Å². The fraction of sp³-hybridized carbons (Fsp3) is 0.333. The van der Waals surface area contributed by atoms with Crippen LogP contribution in [0.4, 0.5) is 5.82 Å². The van der Waals surface area contributed by atoms with E-state index < -0.39 is 0 Å². The maximum absolute atomic E-state index is 4.57. The molecule has 0 aliphatic rings. The summed E-state index contributed by atoms with van der Waals surface area (Å²) in [5.41, 5.74) is 2.57. The highest BCUT2D eigenvalue weighted by atomic mass is 32.2. The molecule has 106 valence electrons. The molecule has 0 aliphatic heterocycles. The van der Waals surface area contributed by atoms with Crippen LogP contribution in [0.25, 0.3) is 0 Å². The van der Waals surface area contributed by atoms with Gasteiger partial charge in [-0.2, -0.15) is 0 Å². The lowest BCUT2D eigenvalue weighted by Gasteiger charge is -2.09. The Bertz CT molecular complexity index is 600. The van der Waals surface area contributed by atoms with Crippen molar-refractivity contribution in [3.05, 3.63) is 35.4 Å². The van der Waals surface area contributed by atoms with Gasteiger partial charge in [-0.05, 0) is 38.7 Å². The SMILES string of the molecule is CCNc1cc(Sc2ccc(C)cc2C)nc(SC)n1. The third-order valence-electron chi connectivity index (χ3n) is 2.77. The molecule has 0 bridgehead atoms. The number of nitrogens with one attached hydrogen (secondary N) is 1. The van der Waals surface area contributed by atoms with Crippen molar-refractivity contribution in [1.82, 2.24) is 9.97 Å². The zero-order chi connectivity index (χ0) is 14.5. The molecular formula is C15H19N3S2. The first kappa shape index (κ1) is 15.2. The van der Waals surface area contributed by atoms with E-state index in [2.05, 4.69) is 54.3 Å². The van der Waals surface area contributed by atoms with Gasteiger partial charge in [0.2, 0.25) is 0 Å². The van der Waals surface area contributed by atoms with E-state index in [9.17, 15) is 0 Å². The van der Waals surface area contributed by atoms with Crippen LogP contribution in [-0.4, -0.2) is 22.8 Å². The first-order chi connectivity index (χ1) is 9.62. The average molecular weight is 305 g/mol. The Kier molecular flexibility index (Phi) is 5.31. The Morgan fingerprint density at radius 3 is 2.60 bits per heavy atom. The zero-order valence-corrected chi connectivity index (χ0v) is 13.9. The molecule has 0 aliphatic carbocycles. The van der Waals surface area contributed by atoms with Gasteiger partial charge >= 0.3 is 0 Å². The summed E-state index contributed by atoms with van der Waals surface area (Å²) in [6, 6.07) is 8.50. The van der Waals surface area contributed by atoms with Gasteiger partial charge in [-0.3, -0.25) is 0 Å². The summed E-state index contributed by atoms with van der Waals surface area (Å²) in [4.78, 5) is 10.3. The zero-order valence-electron chi connectivity index (χ0n) is 12.2. The molecule has 5 heteroatoms. The van der Waals surface area contributed by atoms with Gasteiger partial charge in [0.1, 0.15) is 10.8 Å². The van der Waals surface area contributed by atoms with Crippen LogP contribution >= 0.6 is 23.5 Å². The molecule has 0 fully saturated rings. The Hall–Kier alpha value is -1.20. The van der Waals surface area contributed by atoms with Crippen LogP contribution in [0.15, 0.2) is 39.3 Å². The van der Waals surface area contributed by atoms with Gasteiger partial charge in [0.05, 0.1) is 0 Å². The number of aromatic nitrogens is 2. The summed E-state index contributed by atoms with van der Waals surface area (Å²) in [5.74, 6) is 0.888. The highest BCUT2D eigenvalue weighted by Gasteiger charge is 2.07. The lowest BCUT2D eigenvalue weighted by Crippen LogP contribution is -2.01. The van der Waals surface area contributed by atoms with Crippen molar-refractivity contribution in [1.29, 1.82) is 0 Å². The third kappa shape index (κ3) is 3.90. The fourth-order valence-corrected chi connectivity index (χ4v) is 3.17. The van der Waals surface area contributed by atoms with E-state index in [-0.39, 0.29) is 0 Å². The number of nitrogens with zero attached hydrogens (tertiary/aromatic N) is 2. The van der Waals surface area contributed by atoms with Crippen LogP contribution < -0.4 is 5.32 Å². The normalized spacial score (nSPS) is 10.6. The van der Waals surface area contributed by atoms with Crippen LogP contribution in [0.3, 0.4) is 0 Å². The van der Waals surface area contributed by atoms with Crippen molar-refractivity contribution in [2.45, 2.75) is 35.8 Å². The van der Waals surface area contributed by atoms with Gasteiger partial charge in [0.15, 0.2) is 5.16 Å². The number of hydrogen-bond acceptors (Lipinski definition) is 5. The lowest BCUT2D eigenvalue weighted by molar-refractivity contribution is 0.891. The summed E-state index contributed by atoms with van der Waals surface area (Å²) in [5, 5.41) is 5.03. The number of benzene rings is 1. The summed E-state index contributed by atoms with van der Waals surface area (Å²) in [6.07, 6.45) is 2.00. The van der Waals surface area contributed by atoms with Crippen molar-refractivity contribution in [2.24, 2.45) is 0 Å². The minimum absolute atomic E-state index is 0.802. The van der Waals surface area contributed by atoms with Gasteiger partial charge in [-0.25, -0.2) is 9.97 Å². The van der Waals surface area contributed by atoms with Crippen LogP contribution in [0.1, 0.15) is 18.1 Å². The van der Waals surface area contributed by atoms with Crippen LogP contribution in [0.5, 0.6) is 0 Å². The van der Waals surface area contributed by atoms with E-state index >= 15 is 0 Å². The highest BCUT2D eigenvalue weighted by molar-refractivity contribution is 7.99. The molecule has 0 atom stereocenters. The van der Waals surface area contributed by atoms with Crippen molar-refractivity contribution < 1.29 is 0 Å². The van der Waals surface area contributed by atoms with E-state index in [1.54, 1.807) is 23.5 Å². The molecule has 0 amide bonds. The van der Waals surface area contributed by atoms with Gasteiger partial charge in [-0.1, -0.05) is 41.2 Å².